The molecule has 0 aromatic carbocycles. The van der Waals surface area contributed by atoms with Crippen molar-refractivity contribution in [3.05, 3.63) is 0 Å². The fourth-order valence-electron chi connectivity index (χ4n) is 0.285. The van der Waals surface area contributed by atoms with Gasteiger partial charge in [0, 0.05) is 11.5 Å². The maximum Gasteiger partial charge on any atom is 1.00 e. The predicted molar refractivity (Wildman–Crippen MR) is 58.5 cm³/mol. The Hall–Kier alpha value is 0.999. The SMILES string of the molecule is NC(=S)SCCSC(N)=S.[Cu+]. The standard InChI is InChI=1S/C4H8N2S4.Cu/c5-3(7)9-1-2-10-4(6)8;/h1-2H2,(H2,5,7)(H2,6,8);/q;+1. The van der Waals surface area contributed by atoms with Crippen LogP contribution >= 0.6 is 48.0 Å². The summed E-state index contributed by atoms with van der Waals surface area (Å²) in [7, 11) is 0. The molecule has 0 spiro atoms. The minimum Gasteiger partial charge on any atom is -0.385 e. The molecule has 0 saturated carbocycles. The molecular weight excluding hydrogens is 268 g/mol. The Labute approximate surface area is 96.1 Å². The molecule has 4 N–H and O–H groups in total. The van der Waals surface area contributed by atoms with Crippen molar-refractivity contribution in [3.63, 3.8) is 0 Å². The Balaban J connectivity index is 0. The van der Waals surface area contributed by atoms with Crippen LogP contribution in [-0.2, 0) is 17.1 Å². The van der Waals surface area contributed by atoms with Crippen molar-refractivity contribution >= 4 is 56.6 Å². The number of thioether (sulfide) groups is 2. The van der Waals surface area contributed by atoms with Gasteiger partial charge >= 0.3 is 17.1 Å². The average molecular weight is 276 g/mol. The molecule has 0 fully saturated rings. The number of thiocarbonyl (C=S) groups is 2. The molecular formula is C4H8CuN2S4+. The summed E-state index contributed by atoms with van der Waals surface area (Å²) in [4.78, 5) is 0. The summed E-state index contributed by atoms with van der Waals surface area (Å²) in [5.74, 6) is 1.74. The zero-order valence-electron chi connectivity index (χ0n) is 5.50. The van der Waals surface area contributed by atoms with Crippen LogP contribution in [0.4, 0.5) is 0 Å². The van der Waals surface area contributed by atoms with Gasteiger partial charge in [-0.3, -0.25) is 0 Å². The molecule has 0 rings (SSSR count). The Bertz CT molecular complexity index is 124. The van der Waals surface area contributed by atoms with E-state index in [0.29, 0.717) is 8.64 Å². The third-order valence-corrected chi connectivity index (χ3v) is 2.92. The van der Waals surface area contributed by atoms with Crippen molar-refractivity contribution in [2.45, 2.75) is 0 Å². The Morgan fingerprint density at radius 2 is 1.27 bits per heavy atom. The van der Waals surface area contributed by atoms with Gasteiger partial charge in [0.2, 0.25) is 0 Å². The van der Waals surface area contributed by atoms with E-state index in [1.807, 2.05) is 0 Å². The molecule has 0 amide bonds. The van der Waals surface area contributed by atoms with Crippen LogP contribution in [0.3, 0.4) is 0 Å². The minimum absolute atomic E-state index is 0. The molecule has 0 aromatic heterocycles. The van der Waals surface area contributed by atoms with E-state index in [0.717, 1.165) is 11.5 Å². The molecule has 2 nitrogen and oxygen atoms in total. The van der Waals surface area contributed by atoms with Crippen LogP contribution in [0.15, 0.2) is 0 Å². The summed E-state index contributed by atoms with van der Waals surface area (Å²) in [6, 6.07) is 0. The smallest absolute Gasteiger partial charge is 0.385 e. The normalized spacial score (nSPS) is 8.36. The van der Waals surface area contributed by atoms with Crippen molar-refractivity contribution in [1.29, 1.82) is 0 Å². The quantitative estimate of drug-likeness (QED) is 0.454. The van der Waals surface area contributed by atoms with Crippen molar-refractivity contribution in [3.8, 4) is 0 Å². The third kappa shape index (κ3) is 13.9. The number of nitrogens with two attached hydrogens (primary N) is 2. The van der Waals surface area contributed by atoms with E-state index in [4.69, 9.17) is 11.5 Å². The molecule has 68 valence electrons. The Morgan fingerprint density at radius 3 is 1.45 bits per heavy atom. The van der Waals surface area contributed by atoms with Crippen LogP contribution < -0.4 is 11.5 Å². The zero-order chi connectivity index (χ0) is 7.98. The molecule has 0 saturated heterocycles. The number of rotatable bonds is 3. The monoisotopic (exact) mass is 275 g/mol. The first-order valence-corrected chi connectivity index (χ1v) is 5.26. The summed E-state index contributed by atoms with van der Waals surface area (Å²) in [6.07, 6.45) is 0. The van der Waals surface area contributed by atoms with Crippen molar-refractivity contribution in [2.24, 2.45) is 11.5 Å². The average Bonchev–Trinajstić information content (AvgIpc) is 1.79. The second kappa shape index (κ2) is 9.09. The summed E-state index contributed by atoms with van der Waals surface area (Å²) in [5, 5.41) is 0. The molecule has 0 atom stereocenters. The van der Waals surface area contributed by atoms with Crippen LogP contribution in [-0.4, -0.2) is 20.1 Å². The van der Waals surface area contributed by atoms with Gasteiger partial charge in [-0.15, -0.1) is 0 Å². The van der Waals surface area contributed by atoms with Crippen LogP contribution in [0, 0.1) is 0 Å². The van der Waals surface area contributed by atoms with Gasteiger partial charge in [-0.1, -0.05) is 48.0 Å². The fourth-order valence-corrected chi connectivity index (χ4v) is 1.85. The van der Waals surface area contributed by atoms with E-state index in [2.05, 4.69) is 24.4 Å². The maximum atomic E-state index is 5.23. The van der Waals surface area contributed by atoms with Crippen LogP contribution in [0.5, 0.6) is 0 Å². The van der Waals surface area contributed by atoms with E-state index in [1.54, 1.807) is 0 Å². The zero-order valence-corrected chi connectivity index (χ0v) is 9.71. The van der Waals surface area contributed by atoms with E-state index in [-0.39, 0.29) is 17.1 Å². The molecule has 11 heavy (non-hydrogen) atoms. The van der Waals surface area contributed by atoms with Crippen molar-refractivity contribution in [1.82, 2.24) is 0 Å². The van der Waals surface area contributed by atoms with Crippen LogP contribution in [0.1, 0.15) is 0 Å². The second-order valence-electron chi connectivity index (χ2n) is 1.33. The molecule has 0 bridgehead atoms. The third-order valence-electron chi connectivity index (χ3n) is 0.572. The molecule has 0 radical (unpaired) electrons. The topological polar surface area (TPSA) is 52.0 Å². The van der Waals surface area contributed by atoms with Gasteiger partial charge < -0.3 is 11.5 Å². The maximum absolute atomic E-state index is 5.23. The van der Waals surface area contributed by atoms with E-state index in [1.165, 1.54) is 23.5 Å². The number of hydrogen-bond donors (Lipinski definition) is 2. The van der Waals surface area contributed by atoms with Crippen LogP contribution in [0.2, 0.25) is 0 Å². The minimum atomic E-state index is 0. The van der Waals surface area contributed by atoms with Gasteiger partial charge in [-0.25, -0.2) is 0 Å². The molecule has 0 aliphatic rings. The van der Waals surface area contributed by atoms with E-state index < -0.39 is 0 Å². The van der Waals surface area contributed by atoms with E-state index >= 15 is 0 Å². The molecule has 0 aliphatic carbocycles. The van der Waals surface area contributed by atoms with Gasteiger partial charge in [0.25, 0.3) is 0 Å². The van der Waals surface area contributed by atoms with Crippen molar-refractivity contribution in [2.75, 3.05) is 11.5 Å². The first-order valence-electron chi connectivity index (χ1n) is 2.47. The summed E-state index contributed by atoms with van der Waals surface area (Å²) >= 11 is 12.2. The van der Waals surface area contributed by atoms with Gasteiger partial charge in [0.1, 0.15) is 8.64 Å². The van der Waals surface area contributed by atoms with Gasteiger partial charge in [-0.2, -0.15) is 0 Å². The Kier molecular flexibility index (Phi) is 12.0. The first kappa shape index (κ1) is 14.5. The molecule has 0 heterocycles. The molecule has 7 heteroatoms. The fraction of sp³-hybridized carbons (Fsp3) is 0.500. The first-order chi connectivity index (χ1) is 4.63. The predicted octanol–water partition coefficient (Wildman–Crippen LogP) is 0.938. The second-order valence-corrected chi connectivity index (χ2v) is 5.00. The summed E-state index contributed by atoms with van der Waals surface area (Å²) in [6.45, 7) is 0. The van der Waals surface area contributed by atoms with Gasteiger partial charge in [-0.05, 0) is 0 Å². The van der Waals surface area contributed by atoms with Gasteiger partial charge in [0.15, 0.2) is 0 Å². The molecule has 0 aromatic rings. The summed E-state index contributed by atoms with van der Waals surface area (Å²) in [5.41, 5.74) is 10.5. The van der Waals surface area contributed by atoms with Crippen LogP contribution in [0.25, 0.3) is 0 Å². The molecule has 0 unspecified atom stereocenters. The van der Waals surface area contributed by atoms with Gasteiger partial charge in [0.05, 0.1) is 0 Å². The largest absolute Gasteiger partial charge is 1.00 e. The van der Waals surface area contributed by atoms with E-state index in [9.17, 15) is 0 Å². The van der Waals surface area contributed by atoms with Crippen molar-refractivity contribution < 1.29 is 17.1 Å². The number of hydrogen-bond acceptors (Lipinski definition) is 4. The Morgan fingerprint density at radius 1 is 1.00 bits per heavy atom. The summed E-state index contributed by atoms with van der Waals surface area (Å²) < 4.78 is 0.951. The molecule has 0 aliphatic heterocycles.